The molecule has 1 radical (unpaired) electrons. The van der Waals surface area contributed by atoms with E-state index in [1.165, 1.54) is 77.8 Å². The van der Waals surface area contributed by atoms with Gasteiger partial charge in [0, 0.05) is 61.7 Å². The van der Waals surface area contributed by atoms with Crippen molar-refractivity contribution in [2.45, 2.75) is 105 Å². The van der Waals surface area contributed by atoms with Crippen LogP contribution in [0.3, 0.4) is 0 Å². The standard InChI is InChI=1S/C21H30N.C12H16NS.C3H6.CH4.Y/c1-5-7-8-11-18-14-17(4)21(20(15-18)22-6-2)19-12-9-10-16(3)13-19;1-5-6-11-7-14-12-8(2)9(3)13(12)10(11)4;1-3-2;;/h6,13-15,19H,2,5,7-12H2,1,3-4H3;5-6,8,12H,1,3,7H2,2,4H3;3H,1H2,2H3;1H4;/q2*-1;;;/b;6-5+;;;. The molecule has 0 N–H and O–H groups in total. The molecular formula is C37H56N2SY-2. The molecule has 1 fully saturated rings. The van der Waals surface area contributed by atoms with Gasteiger partial charge in [0.05, 0.1) is 5.37 Å². The summed E-state index contributed by atoms with van der Waals surface area (Å²) in [5.41, 5.74) is 10.9. The minimum Gasteiger partial charge on any atom is -0.664 e. The van der Waals surface area contributed by atoms with Gasteiger partial charge >= 0.3 is 0 Å². The number of hydrogen-bond acceptors (Lipinski definition) is 2. The molecule has 1 saturated heterocycles. The Kier molecular flexibility index (Phi) is 19.8. The second-order valence-electron chi connectivity index (χ2n) is 10.9. The molecule has 4 heteroatoms. The van der Waals surface area contributed by atoms with Gasteiger partial charge in [0.1, 0.15) is 0 Å². The second-order valence-corrected chi connectivity index (χ2v) is 12.0. The van der Waals surface area contributed by atoms with Gasteiger partial charge < -0.3 is 10.2 Å². The van der Waals surface area contributed by atoms with Gasteiger partial charge in [0.25, 0.3) is 0 Å². The molecule has 4 rings (SSSR count). The van der Waals surface area contributed by atoms with Crippen molar-refractivity contribution < 1.29 is 32.7 Å². The zero-order valence-electron chi connectivity index (χ0n) is 26.1. The Balaban J connectivity index is 0.000000727. The SMILES string of the molecule is C.C=C1C(C)C2SCC(/C=C/[CH2-])=C(C)N12.C=CC.C=C[N-]c1cc(CCCCC)cc(C)c1C1C=C(C)CCC1.[Y]. The Labute approximate surface area is 283 Å². The maximum absolute atomic E-state index is 4.59. The first-order valence-electron chi connectivity index (χ1n) is 14.7. The van der Waals surface area contributed by atoms with Crippen molar-refractivity contribution in [3.63, 3.8) is 0 Å². The molecule has 0 amide bonds. The predicted molar refractivity (Wildman–Crippen MR) is 184 cm³/mol. The summed E-state index contributed by atoms with van der Waals surface area (Å²) < 4.78 is 0. The number of nitrogens with zero attached hydrogens (tertiary/aromatic N) is 2. The van der Waals surface area contributed by atoms with Crippen LogP contribution in [-0.2, 0) is 39.1 Å². The van der Waals surface area contributed by atoms with Gasteiger partial charge in [-0.3, -0.25) is 0 Å². The maximum Gasteiger partial charge on any atom is 0.0874 e. The van der Waals surface area contributed by atoms with Crippen LogP contribution in [0.5, 0.6) is 0 Å². The Bertz CT molecular complexity index is 1080. The zero-order chi connectivity index (χ0) is 28.9. The van der Waals surface area contributed by atoms with Crippen LogP contribution >= 0.6 is 11.8 Å². The molecule has 2 nitrogen and oxygen atoms in total. The zero-order valence-corrected chi connectivity index (χ0v) is 29.8. The third-order valence-electron chi connectivity index (χ3n) is 7.74. The normalized spacial score (nSPS) is 20.9. The molecule has 0 spiro atoms. The van der Waals surface area contributed by atoms with Gasteiger partial charge in [-0.15, -0.1) is 36.2 Å². The Morgan fingerprint density at radius 1 is 1.17 bits per heavy atom. The molecule has 0 bridgehead atoms. The van der Waals surface area contributed by atoms with Crippen molar-refractivity contribution in [1.82, 2.24) is 4.90 Å². The maximum atomic E-state index is 4.59. The smallest absolute Gasteiger partial charge is 0.0874 e. The number of benzene rings is 1. The largest absolute Gasteiger partial charge is 0.664 e. The fourth-order valence-corrected chi connectivity index (χ4v) is 7.21. The molecule has 0 saturated carbocycles. The van der Waals surface area contributed by atoms with Crippen LogP contribution in [0.2, 0.25) is 0 Å². The van der Waals surface area contributed by atoms with E-state index in [4.69, 9.17) is 0 Å². The number of unbranched alkanes of at least 4 members (excludes halogenated alkanes) is 2. The summed E-state index contributed by atoms with van der Waals surface area (Å²) in [5, 5.41) is 5.22. The van der Waals surface area contributed by atoms with Crippen molar-refractivity contribution in [2.75, 3.05) is 5.75 Å². The van der Waals surface area contributed by atoms with Gasteiger partial charge in [0.2, 0.25) is 0 Å². The van der Waals surface area contributed by atoms with Gasteiger partial charge in [0.15, 0.2) is 0 Å². The summed E-state index contributed by atoms with van der Waals surface area (Å²) in [6.45, 7) is 28.1. The molecular weight excluding hydrogens is 593 g/mol. The third kappa shape index (κ3) is 11.0. The average Bonchev–Trinajstić information content (AvgIpc) is 2.90. The van der Waals surface area contributed by atoms with Crippen molar-refractivity contribution in [1.29, 1.82) is 0 Å². The van der Waals surface area contributed by atoms with Crippen molar-refractivity contribution in [2.24, 2.45) is 5.92 Å². The fourth-order valence-electron chi connectivity index (χ4n) is 5.66. The van der Waals surface area contributed by atoms with E-state index in [0.717, 1.165) is 17.9 Å². The van der Waals surface area contributed by atoms with Gasteiger partial charge in [-0.1, -0.05) is 76.1 Å². The number of thioether (sulfide) groups is 1. The van der Waals surface area contributed by atoms with Crippen LogP contribution in [0.1, 0.15) is 103 Å². The van der Waals surface area contributed by atoms with Crippen molar-refractivity contribution in [3.05, 3.63) is 114 Å². The number of fused-ring (bicyclic) bond motifs is 1. The second kappa shape index (κ2) is 20.5. The van der Waals surface area contributed by atoms with Crippen molar-refractivity contribution >= 4 is 17.4 Å². The minimum absolute atomic E-state index is 0. The molecule has 1 aromatic carbocycles. The van der Waals surface area contributed by atoms with E-state index in [2.05, 4.69) is 95.8 Å². The van der Waals surface area contributed by atoms with E-state index in [1.54, 1.807) is 12.3 Å². The van der Waals surface area contributed by atoms with Crippen LogP contribution in [-0.4, -0.2) is 16.0 Å². The summed E-state index contributed by atoms with van der Waals surface area (Å²) in [4.78, 5) is 2.36. The summed E-state index contributed by atoms with van der Waals surface area (Å²) >= 11 is 2.00. The number of allylic oxidation sites excluding steroid dienone is 6. The topological polar surface area (TPSA) is 17.3 Å². The molecule has 41 heavy (non-hydrogen) atoms. The van der Waals surface area contributed by atoms with Gasteiger partial charge in [-0.05, 0) is 70.9 Å². The van der Waals surface area contributed by atoms with E-state index < -0.39 is 0 Å². The number of hydrogen-bond donors (Lipinski definition) is 0. The van der Waals surface area contributed by atoms with E-state index in [9.17, 15) is 0 Å². The molecule has 1 aromatic rings. The van der Waals surface area contributed by atoms with E-state index >= 15 is 0 Å². The van der Waals surface area contributed by atoms with Crippen LogP contribution in [0, 0.1) is 19.8 Å². The summed E-state index contributed by atoms with van der Waals surface area (Å²) in [6, 6.07) is 4.67. The van der Waals surface area contributed by atoms with E-state index in [0.29, 0.717) is 17.2 Å². The fraction of sp³-hybridized carbons (Fsp3) is 0.486. The Morgan fingerprint density at radius 3 is 2.44 bits per heavy atom. The molecule has 1 aliphatic carbocycles. The van der Waals surface area contributed by atoms with Crippen LogP contribution in [0.4, 0.5) is 5.69 Å². The van der Waals surface area contributed by atoms with Crippen LogP contribution in [0.25, 0.3) is 5.32 Å². The summed E-state index contributed by atoms with van der Waals surface area (Å²) in [6.07, 6.45) is 18.6. The van der Waals surface area contributed by atoms with Crippen molar-refractivity contribution in [3.8, 4) is 0 Å². The van der Waals surface area contributed by atoms with E-state index in [-0.39, 0.29) is 40.1 Å². The first-order valence-corrected chi connectivity index (χ1v) is 15.7. The average molecular weight is 650 g/mol. The Morgan fingerprint density at radius 2 is 1.85 bits per heavy atom. The molecule has 225 valence electrons. The van der Waals surface area contributed by atoms with Gasteiger partial charge in [-0.25, -0.2) is 19.1 Å². The molecule has 2 aliphatic heterocycles. The molecule has 0 aromatic heterocycles. The van der Waals surface area contributed by atoms with Crippen LogP contribution < -0.4 is 0 Å². The third-order valence-corrected chi connectivity index (χ3v) is 9.18. The summed E-state index contributed by atoms with van der Waals surface area (Å²) in [5.74, 6) is 2.27. The first-order chi connectivity index (χ1) is 18.7. The number of rotatable bonds is 8. The molecule has 3 atom stereocenters. The monoisotopic (exact) mass is 649 g/mol. The van der Waals surface area contributed by atoms with Crippen LogP contribution in [0.15, 0.2) is 84.9 Å². The molecule has 2 heterocycles. The Hall–Kier alpha value is -1.42. The summed E-state index contributed by atoms with van der Waals surface area (Å²) in [7, 11) is 0. The van der Waals surface area contributed by atoms with E-state index in [1.807, 2.05) is 24.8 Å². The molecule has 3 unspecified atom stereocenters. The minimum atomic E-state index is 0. The predicted octanol–water partition coefficient (Wildman–Crippen LogP) is 12.1. The number of aryl methyl sites for hydroxylation is 2. The molecule has 3 aliphatic rings. The van der Waals surface area contributed by atoms with Gasteiger partial charge in [-0.2, -0.15) is 6.20 Å². The quantitative estimate of drug-likeness (QED) is 0.158. The first kappa shape index (κ1) is 39.6.